The molecule has 1 heterocycles. The third-order valence-electron chi connectivity index (χ3n) is 3.67. The van der Waals surface area contributed by atoms with Crippen LogP contribution in [0.1, 0.15) is 42.5 Å². The van der Waals surface area contributed by atoms with E-state index < -0.39 is 0 Å². The van der Waals surface area contributed by atoms with Crippen molar-refractivity contribution in [3.63, 3.8) is 0 Å². The van der Waals surface area contributed by atoms with Gasteiger partial charge in [0.25, 0.3) is 5.91 Å². The second-order valence-electron chi connectivity index (χ2n) is 5.12. The SMILES string of the molecule is O=C(NC1CCCCC1)c1cccc(-c2nn[nH]n2)c1. The van der Waals surface area contributed by atoms with Gasteiger partial charge in [-0.15, -0.1) is 10.2 Å². The second kappa shape index (κ2) is 5.81. The highest BCUT2D eigenvalue weighted by Crippen LogP contribution is 2.19. The first kappa shape index (κ1) is 12.8. The zero-order valence-electron chi connectivity index (χ0n) is 11.2. The molecule has 6 heteroatoms. The molecule has 2 aromatic rings. The summed E-state index contributed by atoms with van der Waals surface area (Å²) >= 11 is 0. The molecule has 1 aromatic carbocycles. The smallest absolute Gasteiger partial charge is 0.251 e. The topological polar surface area (TPSA) is 83.6 Å². The Morgan fingerprint density at radius 1 is 1.25 bits per heavy atom. The highest BCUT2D eigenvalue weighted by Gasteiger charge is 2.17. The summed E-state index contributed by atoms with van der Waals surface area (Å²) in [5.74, 6) is 0.472. The Kier molecular flexibility index (Phi) is 3.71. The van der Waals surface area contributed by atoms with Crippen LogP contribution >= 0.6 is 0 Å². The molecular formula is C14H17N5O. The summed E-state index contributed by atoms with van der Waals surface area (Å²) in [4.78, 5) is 12.3. The third-order valence-corrected chi connectivity index (χ3v) is 3.67. The fraction of sp³-hybridized carbons (Fsp3) is 0.429. The van der Waals surface area contributed by atoms with E-state index in [1.165, 1.54) is 19.3 Å². The summed E-state index contributed by atoms with van der Waals surface area (Å²) in [6, 6.07) is 7.61. The van der Waals surface area contributed by atoms with Gasteiger partial charge in [0.15, 0.2) is 0 Å². The predicted molar refractivity (Wildman–Crippen MR) is 74.0 cm³/mol. The Hall–Kier alpha value is -2.24. The molecule has 1 saturated carbocycles. The molecule has 0 saturated heterocycles. The van der Waals surface area contributed by atoms with Crippen LogP contribution in [0.25, 0.3) is 11.4 Å². The maximum atomic E-state index is 12.3. The van der Waals surface area contributed by atoms with E-state index in [1.54, 1.807) is 6.07 Å². The standard InChI is InChI=1S/C14H17N5O/c20-14(15-12-7-2-1-3-8-12)11-6-4-5-10(9-11)13-16-18-19-17-13/h4-6,9,12H,1-3,7-8H2,(H,15,20)(H,16,17,18,19). The van der Waals surface area contributed by atoms with Crippen LogP contribution in [0.2, 0.25) is 0 Å². The number of hydrogen-bond acceptors (Lipinski definition) is 4. The molecule has 1 aliphatic rings. The minimum absolute atomic E-state index is 0.0257. The van der Waals surface area contributed by atoms with Crippen LogP contribution < -0.4 is 5.32 Å². The summed E-state index contributed by atoms with van der Waals surface area (Å²) in [6.45, 7) is 0. The quantitative estimate of drug-likeness (QED) is 0.893. The maximum absolute atomic E-state index is 12.3. The van der Waals surface area contributed by atoms with Crippen molar-refractivity contribution < 1.29 is 4.79 Å². The Bertz CT molecular complexity index is 575. The van der Waals surface area contributed by atoms with Gasteiger partial charge in [0.05, 0.1) is 0 Å². The van der Waals surface area contributed by atoms with E-state index in [1.807, 2.05) is 18.2 Å². The van der Waals surface area contributed by atoms with Crippen molar-refractivity contribution >= 4 is 5.91 Å². The number of nitrogens with one attached hydrogen (secondary N) is 2. The molecule has 2 N–H and O–H groups in total. The molecule has 1 fully saturated rings. The lowest BCUT2D eigenvalue weighted by Crippen LogP contribution is -2.36. The maximum Gasteiger partial charge on any atom is 0.251 e. The predicted octanol–water partition coefficient (Wildman–Crippen LogP) is 1.93. The van der Waals surface area contributed by atoms with Crippen molar-refractivity contribution in [3.8, 4) is 11.4 Å². The fourth-order valence-electron chi connectivity index (χ4n) is 2.60. The molecule has 0 bridgehead atoms. The molecule has 1 aromatic heterocycles. The fourth-order valence-corrected chi connectivity index (χ4v) is 2.60. The Labute approximate surface area is 117 Å². The molecule has 1 aliphatic carbocycles. The van der Waals surface area contributed by atoms with Gasteiger partial charge in [-0.25, -0.2) is 0 Å². The van der Waals surface area contributed by atoms with Gasteiger partial charge in [-0.1, -0.05) is 31.4 Å². The van der Waals surface area contributed by atoms with Gasteiger partial charge < -0.3 is 5.32 Å². The number of aromatic amines is 1. The zero-order valence-corrected chi connectivity index (χ0v) is 11.2. The van der Waals surface area contributed by atoms with Crippen molar-refractivity contribution in [2.75, 3.05) is 0 Å². The normalized spacial score (nSPS) is 16.0. The van der Waals surface area contributed by atoms with Gasteiger partial charge in [-0.05, 0) is 30.2 Å². The van der Waals surface area contributed by atoms with E-state index in [0.29, 0.717) is 17.4 Å². The first-order chi connectivity index (χ1) is 9.83. The first-order valence-corrected chi connectivity index (χ1v) is 6.98. The van der Waals surface area contributed by atoms with Crippen molar-refractivity contribution in [3.05, 3.63) is 29.8 Å². The van der Waals surface area contributed by atoms with Gasteiger partial charge in [0.2, 0.25) is 5.82 Å². The minimum Gasteiger partial charge on any atom is -0.349 e. The summed E-state index contributed by atoms with van der Waals surface area (Å²) in [5, 5.41) is 16.9. The molecule has 1 amide bonds. The Balaban J connectivity index is 1.73. The van der Waals surface area contributed by atoms with Crippen LogP contribution in [0.15, 0.2) is 24.3 Å². The molecule has 20 heavy (non-hydrogen) atoms. The number of H-pyrrole nitrogens is 1. The van der Waals surface area contributed by atoms with E-state index >= 15 is 0 Å². The number of rotatable bonds is 3. The van der Waals surface area contributed by atoms with E-state index in [-0.39, 0.29) is 5.91 Å². The van der Waals surface area contributed by atoms with Crippen LogP contribution in [0.3, 0.4) is 0 Å². The molecule has 0 aliphatic heterocycles. The average Bonchev–Trinajstić information content (AvgIpc) is 3.03. The van der Waals surface area contributed by atoms with Crippen LogP contribution in [-0.2, 0) is 0 Å². The number of hydrogen-bond donors (Lipinski definition) is 2. The van der Waals surface area contributed by atoms with Gasteiger partial charge >= 0.3 is 0 Å². The molecule has 104 valence electrons. The lowest BCUT2D eigenvalue weighted by molar-refractivity contribution is 0.0928. The second-order valence-corrected chi connectivity index (χ2v) is 5.12. The number of benzene rings is 1. The van der Waals surface area contributed by atoms with Crippen molar-refractivity contribution in [2.24, 2.45) is 0 Å². The summed E-state index contributed by atoms with van der Waals surface area (Å²) < 4.78 is 0. The Morgan fingerprint density at radius 2 is 2.10 bits per heavy atom. The largest absolute Gasteiger partial charge is 0.349 e. The van der Waals surface area contributed by atoms with Gasteiger partial charge in [-0.2, -0.15) is 5.21 Å². The van der Waals surface area contributed by atoms with Gasteiger partial charge in [-0.3, -0.25) is 4.79 Å². The van der Waals surface area contributed by atoms with Crippen molar-refractivity contribution in [1.29, 1.82) is 0 Å². The van der Waals surface area contributed by atoms with E-state index in [2.05, 4.69) is 25.9 Å². The van der Waals surface area contributed by atoms with E-state index in [9.17, 15) is 4.79 Å². The molecule has 0 atom stereocenters. The van der Waals surface area contributed by atoms with Gasteiger partial charge in [0, 0.05) is 17.2 Å². The summed E-state index contributed by atoms with van der Waals surface area (Å²) in [6.07, 6.45) is 5.84. The minimum atomic E-state index is -0.0257. The number of carbonyl (C=O) groups excluding carboxylic acids is 1. The number of carbonyl (C=O) groups is 1. The molecule has 6 nitrogen and oxygen atoms in total. The van der Waals surface area contributed by atoms with Crippen LogP contribution in [-0.4, -0.2) is 32.6 Å². The third kappa shape index (κ3) is 2.84. The molecule has 0 spiro atoms. The Morgan fingerprint density at radius 3 is 2.85 bits per heavy atom. The van der Waals surface area contributed by atoms with E-state index in [4.69, 9.17) is 0 Å². The van der Waals surface area contributed by atoms with Crippen LogP contribution in [0.5, 0.6) is 0 Å². The lowest BCUT2D eigenvalue weighted by Gasteiger charge is -2.22. The lowest BCUT2D eigenvalue weighted by atomic mass is 9.95. The average molecular weight is 271 g/mol. The highest BCUT2D eigenvalue weighted by molar-refractivity contribution is 5.95. The van der Waals surface area contributed by atoms with Crippen LogP contribution in [0.4, 0.5) is 0 Å². The molecule has 0 unspecified atom stereocenters. The van der Waals surface area contributed by atoms with Crippen molar-refractivity contribution in [2.45, 2.75) is 38.1 Å². The summed E-state index contributed by atoms with van der Waals surface area (Å²) in [7, 11) is 0. The number of aromatic nitrogens is 4. The number of amides is 1. The molecule has 3 rings (SSSR count). The monoisotopic (exact) mass is 271 g/mol. The molecular weight excluding hydrogens is 254 g/mol. The highest BCUT2D eigenvalue weighted by atomic mass is 16.1. The van der Waals surface area contributed by atoms with Gasteiger partial charge in [0.1, 0.15) is 0 Å². The first-order valence-electron chi connectivity index (χ1n) is 6.98. The number of nitrogens with zero attached hydrogens (tertiary/aromatic N) is 3. The van der Waals surface area contributed by atoms with E-state index in [0.717, 1.165) is 18.4 Å². The molecule has 0 radical (unpaired) electrons. The van der Waals surface area contributed by atoms with Crippen LogP contribution in [0, 0.1) is 0 Å². The number of tetrazole rings is 1. The zero-order chi connectivity index (χ0) is 13.8. The summed E-state index contributed by atoms with van der Waals surface area (Å²) in [5.41, 5.74) is 1.42. The van der Waals surface area contributed by atoms with Crippen molar-refractivity contribution in [1.82, 2.24) is 25.9 Å².